The molecule has 0 saturated heterocycles. The SMILES string of the molecule is CCCCC(CC)Cc1ccc2c(c1C(=O)O)C(=O)c1c(c(O)c3ccccc3c1O)C2=O. The molecule has 1 aliphatic rings. The molecule has 33 heavy (non-hydrogen) atoms. The summed E-state index contributed by atoms with van der Waals surface area (Å²) in [6.07, 6.45) is 4.35. The summed E-state index contributed by atoms with van der Waals surface area (Å²) in [6, 6.07) is 9.44. The predicted molar refractivity (Wildman–Crippen MR) is 125 cm³/mol. The smallest absolute Gasteiger partial charge is 0.336 e. The summed E-state index contributed by atoms with van der Waals surface area (Å²) < 4.78 is 0. The summed E-state index contributed by atoms with van der Waals surface area (Å²) in [5, 5.41) is 32.2. The number of fused-ring (bicyclic) bond motifs is 3. The first-order chi connectivity index (χ1) is 15.8. The van der Waals surface area contributed by atoms with Crippen LogP contribution in [0.1, 0.15) is 87.3 Å². The van der Waals surface area contributed by atoms with Gasteiger partial charge < -0.3 is 15.3 Å². The second-order valence-corrected chi connectivity index (χ2v) is 8.60. The molecule has 0 saturated carbocycles. The molecule has 0 bridgehead atoms. The molecule has 0 aliphatic heterocycles. The Hall–Kier alpha value is -3.67. The van der Waals surface area contributed by atoms with E-state index in [0.717, 1.165) is 25.7 Å². The van der Waals surface area contributed by atoms with Crippen molar-refractivity contribution in [1.82, 2.24) is 0 Å². The Morgan fingerprint density at radius 1 is 0.879 bits per heavy atom. The van der Waals surface area contributed by atoms with Crippen molar-refractivity contribution in [2.75, 3.05) is 0 Å². The Labute approximate surface area is 191 Å². The lowest BCUT2D eigenvalue weighted by Crippen LogP contribution is -2.26. The lowest BCUT2D eigenvalue weighted by atomic mass is 9.77. The molecule has 0 heterocycles. The molecule has 0 radical (unpaired) electrons. The van der Waals surface area contributed by atoms with E-state index in [9.17, 15) is 29.7 Å². The number of phenols is 2. The van der Waals surface area contributed by atoms with Crippen molar-refractivity contribution in [1.29, 1.82) is 0 Å². The molecule has 3 aromatic carbocycles. The number of benzene rings is 3. The number of carbonyl (C=O) groups is 3. The minimum Gasteiger partial charge on any atom is -0.506 e. The zero-order chi connectivity index (χ0) is 23.9. The zero-order valence-corrected chi connectivity index (χ0v) is 18.6. The minimum atomic E-state index is -1.29. The molecule has 0 spiro atoms. The van der Waals surface area contributed by atoms with Crippen molar-refractivity contribution in [3.05, 3.63) is 69.8 Å². The van der Waals surface area contributed by atoms with Crippen LogP contribution in [0, 0.1) is 5.92 Å². The highest BCUT2D eigenvalue weighted by Crippen LogP contribution is 2.45. The van der Waals surface area contributed by atoms with Gasteiger partial charge in [-0.2, -0.15) is 0 Å². The van der Waals surface area contributed by atoms with E-state index in [4.69, 9.17) is 0 Å². The summed E-state index contributed by atoms with van der Waals surface area (Å²) in [5.74, 6) is -3.30. The summed E-state index contributed by atoms with van der Waals surface area (Å²) in [6.45, 7) is 4.15. The highest BCUT2D eigenvalue weighted by Gasteiger charge is 2.39. The quantitative estimate of drug-likeness (QED) is 0.324. The number of carbonyl (C=O) groups excluding carboxylic acids is 2. The van der Waals surface area contributed by atoms with Gasteiger partial charge in [-0.3, -0.25) is 9.59 Å². The Kier molecular flexibility index (Phi) is 5.93. The fourth-order valence-electron chi connectivity index (χ4n) is 4.84. The van der Waals surface area contributed by atoms with Crippen molar-refractivity contribution in [3.8, 4) is 11.5 Å². The molecule has 3 N–H and O–H groups in total. The van der Waals surface area contributed by atoms with Gasteiger partial charge in [-0.05, 0) is 24.0 Å². The van der Waals surface area contributed by atoms with Crippen LogP contribution in [0.2, 0.25) is 0 Å². The maximum absolute atomic E-state index is 13.6. The summed E-state index contributed by atoms with van der Waals surface area (Å²) in [4.78, 5) is 39.3. The number of carboxylic acid groups (broad SMARTS) is 1. The van der Waals surface area contributed by atoms with Gasteiger partial charge >= 0.3 is 5.97 Å². The van der Waals surface area contributed by atoms with E-state index < -0.39 is 29.0 Å². The first-order valence-corrected chi connectivity index (χ1v) is 11.3. The molecule has 3 aromatic rings. The monoisotopic (exact) mass is 446 g/mol. The molecule has 0 amide bonds. The lowest BCUT2D eigenvalue weighted by Gasteiger charge is -2.24. The Bertz CT molecular complexity index is 1300. The average molecular weight is 446 g/mol. The van der Waals surface area contributed by atoms with E-state index >= 15 is 0 Å². The van der Waals surface area contributed by atoms with Gasteiger partial charge in [0.1, 0.15) is 11.5 Å². The molecular weight excluding hydrogens is 420 g/mol. The lowest BCUT2D eigenvalue weighted by molar-refractivity contribution is 0.0691. The standard InChI is InChI=1S/C27H26O6/c1-3-5-8-14(4-2)13-15-11-12-18-20(19(15)27(32)33)26(31)22-21(25(18)30)23(28)16-9-6-7-10-17(16)24(22)29/h6-7,9-12,14,28-29H,3-5,8,13H2,1-2H3,(H,32,33). The minimum absolute atomic E-state index is 0.0692. The van der Waals surface area contributed by atoms with E-state index in [0.29, 0.717) is 12.0 Å². The third-order valence-electron chi connectivity index (χ3n) is 6.64. The first-order valence-electron chi connectivity index (χ1n) is 11.3. The van der Waals surface area contributed by atoms with E-state index in [1.165, 1.54) is 12.1 Å². The van der Waals surface area contributed by atoms with Gasteiger partial charge in [0.15, 0.2) is 11.6 Å². The van der Waals surface area contributed by atoms with Crippen molar-refractivity contribution in [2.24, 2.45) is 5.92 Å². The third-order valence-corrected chi connectivity index (χ3v) is 6.64. The number of hydrogen-bond acceptors (Lipinski definition) is 5. The normalized spacial score (nSPS) is 13.6. The van der Waals surface area contributed by atoms with Gasteiger partial charge in [-0.25, -0.2) is 4.79 Å². The van der Waals surface area contributed by atoms with Gasteiger partial charge in [0, 0.05) is 21.9 Å². The Morgan fingerprint density at radius 3 is 2.03 bits per heavy atom. The zero-order valence-electron chi connectivity index (χ0n) is 18.6. The third kappa shape index (κ3) is 3.55. The van der Waals surface area contributed by atoms with E-state index in [2.05, 4.69) is 13.8 Å². The van der Waals surface area contributed by atoms with Gasteiger partial charge in [0.05, 0.1) is 16.7 Å². The summed E-state index contributed by atoms with van der Waals surface area (Å²) in [7, 11) is 0. The summed E-state index contributed by atoms with van der Waals surface area (Å²) in [5.41, 5.74) is -0.617. The molecule has 1 unspecified atom stereocenters. The molecule has 0 aromatic heterocycles. The molecule has 1 aliphatic carbocycles. The van der Waals surface area contributed by atoms with Crippen LogP contribution < -0.4 is 0 Å². The predicted octanol–water partition coefficient (Wildman–Crippen LogP) is 5.48. The van der Waals surface area contributed by atoms with E-state index in [-0.39, 0.29) is 44.5 Å². The van der Waals surface area contributed by atoms with Crippen LogP contribution in [0.4, 0.5) is 0 Å². The van der Waals surface area contributed by atoms with Crippen LogP contribution in [0.5, 0.6) is 11.5 Å². The van der Waals surface area contributed by atoms with E-state index in [1.54, 1.807) is 24.3 Å². The molecule has 0 fully saturated rings. The van der Waals surface area contributed by atoms with Crippen molar-refractivity contribution in [2.45, 2.75) is 46.0 Å². The topological polar surface area (TPSA) is 112 Å². The molecule has 170 valence electrons. The number of phenolic OH excluding ortho intramolecular Hbond substituents is 2. The first kappa shape index (κ1) is 22.5. The fraction of sp³-hybridized carbons (Fsp3) is 0.296. The van der Waals surface area contributed by atoms with Crippen molar-refractivity contribution < 1.29 is 29.7 Å². The van der Waals surface area contributed by atoms with Gasteiger partial charge in [0.2, 0.25) is 0 Å². The molecule has 4 rings (SSSR count). The number of aromatic carboxylic acids is 1. The number of hydrogen-bond donors (Lipinski definition) is 3. The summed E-state index contributed by atoms with van der Waals surface area (Å²) >= 11 is 0. The highest BCUT2D eigenvalue weighted by molar-refractivity contribution is 6.34. The number of unbranched alkanes of at least 4 members (excludes halogenated alkanes) is 1. The second kappa shape index (κ2) is 8.70. The number of ketones is 2. The maximum atomic E-state index is 13.6. The molecule has 1 atom stereocenters. The van der Waals surface area contributed by atoms with Gasteiger partial charge in [-0.1, -0.05) is 69.9 Å². The second-order valence-electron chi connectivity index (χ2n) is 8.60. The molecule has 6 nitrogen and oxygen atoms in total. The van der Waals surface area contributed by atoms with Crippen molar-refractivity contribution in [3.63, 3.8) is 0 Å². The van der Waals surface area contributed by atoms with Crippen LogP contribution in [0.15, 0.2) is 36.4 Å². The van der Waals surface area contributed by atoms with Crippen LogP contribution in [0.25, 0.3) is 10.8 Å². The largest absolute Gasteiger partial charge is 0.506 e. The van der Waals surface area contributed by atoms with Gasteiger partial charge in [-0.15, -0.1) is 0 Å². The number of carboxylic acids is 1. The number of rotatable bonds is 7. The van der Waals surface area contributed by atoms with Crippen LogP contribution in [-0.4, -0.2) is 32.9 Å². The molecule has 6 heteroatoms. The van der Waals surface area contributed by atoms with Gasteiger partial charge in [0.25, 0.3) is 0 Å². The molecular formula is C27H26O6. The Balaban J connectivity index is 1.94. The fourth-order valence-corrected chi connectivity index (χ4v) is 4.84. The Morgan fingerprint density at radius 2 is 1.48 bits per heavy atom. The maximum Gasteiger partial charge on any atom is 0.336 e. The van der Waals surface area contributed by atoms with Crippen molar-refractivity contribution >= 4 is 28.3 Å². The van der Waals surface area contributed by atoms with E-state index in [1.807, 2.05) is 0 Å². The van der Waals surface area contributed by atoms with Crippen LogP contribution >= 0.6 is 0 Å². The van der Waals surface area contributed by atoms with Crippen LogP contribution in [-0.2, 0) is 6.42 Å². The highest BCUT2D eigenvalue weighted by atomic mass is 16.4. The van der Waals surface area contributed by atoms with Crippen LogP contribution in [0.3, 0.4) is 0 Å². The average Bonchev–Trinajstić information content (AvgIpc) is 2.81. The number of aromatic hydroxyl groups is 2.